The zero-order valence-corrected chi connectivity index (χ0v) is 8.92. The van der Waals surface area contributed by atoms with Gasteiger partial charge in [0.25, 0.3) is 0 Å². The van der Waals surface area contributed by atoms with Crippen LogP contribution in [0.2, 0.25) is 0 Å². The molecule has 14 heavy (non-hydrogen) atoms. The topological polar surface area (TPSA) is 85.0 Å². The molecule has 0 unspecified atom stereocenters. The van der Waals surface area contributed by atoms with Crippen LogP contribution in [-0.2, 0) is 10.0 Å². The molecule has 0 aromatic carbocycles. The van der Waals surface area contributed by atoms with Gasteiger partial charge in [-0.3, -0.25) is 0 Å². The molecule has 0 radical (unpaired) electrons. The van der Waals surface area contributed by atoms with Crippen molar-refractivity contribution in [2.45, 2.75) is 19.8 Å². The summed E-state index contributed by atoms with van der Waals surface area (Å²) >= 11 is 0. The number of rotatable bonds is 6. The number of hydrogen-bond acceptors (Lipinski definition) is 4. The van der Waals surface area contributed by atoms with E-state index in [-0.39, 0.29) is 18.8 Å². The molecule has 0 aromatic heterocycles. The molecule has 0 aliphatic rings. The van der Waals surface area contributed by atoms with E-state index < -0.39 is 10.0 Å². The van der Waals surface area contributed by atoms with Gasteiger partial charge in [-0.2, -0.15) is 14.8 Å². The Hall–Kier alpha value is -1.11. The Morgan fingerprint density at radius 3 is 2.07 bits per heavy atom. The van der Waals surface area contributed by atoms with Crippen LogP contribution < -0.4 is 0 Å². The van der Waals surface area contributed by atoms with E-state index in [4.69, 9.17) is 10.5 Å². The van der Waals surface area contributed by atoms with Gasteiger partial charge in [0.1, 0.15) is 13.1 Å². The summed E-state index contributed by atoms with van der Waals surface area (Å²) in [4.78, 5) is 0. The number of hydrogen-bond donors (Lipinski definition) is 0. The summed E-state index contributed by atoms with van der Waals surface area (Å²) in [6.45, 7) is 1.38. The minimum Gasteiger partial charge on any atom is -0.212 e. The summed E-state index contributed by atoms with van der Waals surface area (Å²) in [7, 11) is -3.42. The molecule has 0 N–H and O–H groups in total. The summed E-state index contributed by atoms with van der Waals surface area (Å²) in [5.74, 6) is 0.00681. The molecule has 0 spiro atoms. The lowest BCUT2D eigenvalue weighted by molar-refractivity contribution is 0.477. The van der Waals surface area contributed by atoms with Gasteiger partial charge >= 0.3 is 0 Å². The third-order valence-corrected chi connectivity index (χ3v) is 3.49. The van der Waals surface area contributed by atoms with Crippen molar-refractivity contribution in [3.8, 4) is 12.1 Å². The summed E-state index contributed by atoms with van der Waals surface area (Å²) in [5.41, 5.74) is 0. The maximum absolute atomic E-state index is 11.5. The highest BCUT2D eigenvalue weighted by molar-refractivity contribution is 7.89. The van der Waals surface area contributed by atoms with Crippen molar-refractivity contribution in [3.05, 3.63) is 0 Å². The summed E-state index contributed by atoms with van der Waals surface area (Å²) in [6, 6.07) is 3.46. The minimum absolute atomic E-state index is 0.00681. The molecule has 0 saturated carbocycles. The third-order valence-electron chi connectivity index (χ3n) is 1.64. The molecule has 5 nitrogen and oxygen atoms in total. The molecule has 78 valence electrons. The number of unbranched alkanes of at least 4 members (excludes halogenated alkanes) is 1. The molecule has 0 aliphatic heterocycles. The van der Waals surface area contributed by atoms with Gasteiger partial charge in [-0.15, -0.1) is 0 Å². The molecule has 0 rings (SSSR count). The first-order valence-corrected chi connectivity index (χ1v) is 5.91. The van der Waals surface area contributed by atoms with Gasteiger partial charge in [0.15, 0.2) is 0 Å². The predicted molar refractivity (Wildman–Crippen MR) is 51.5 cm³/mol. The van der Waals surface area contributed by atoms with Crippen LogP contribution in [0.4, 0.5) is 0 Å². The van der Waals surface area contributed by atoms with Crippen molar-refractivity contribution >= 4 is 10.0 Å². The fourth-order valence-electron chi connectivity index (χ4n) is 0.866. The molecule has 0 amide bonds. The van der Waals surface area contributed by atoms with E-state index in [9.17, 15) is 8.42 Å². The van der Waals surface area contributed by atoms with E-state index in [1.807, 2.05) is 6.92 Å². The van der Waals surface area contributed by atoms with Gasteiger partial charge in [0.2, 0.25) is 10.0 Å². The number of sulfonamides is 1. The Kier molecular flexibility index (Phi) is 5.86. The van der Waals surface area contributed by atoms with E-state index >= 15 is 0 Å². The molecule has 0 atom stereocenters. The SMILES string of the molecule is CCCCS(=O)(=O)N(CC#N)CC#N. The van der Waals surface area contributed by atoms with E-state index in [1.54, 1.807) is 12.1 Å². The predicted octanol–water partition coefficient (Wildman–Crippen LogP) is 0.465. The van der Waals surface area contributed by atoms with Gasteiger partial charge in [0.05, 0.1) is 17.9 Å². The van der Waals surface area contributed by atoms with Crippen molar-refractivity contribution in [2.75, 3.05) is 18.8 Å². The van der Waals surface area contributed by atoms with Gasteiger partial charge in [0, 0.05) is 0 Å². The van der Waals surface area contributed by atoms with Crippen LogP contribution in [0.15, 0.2) is 0 Å². The average Bonchev–Trinajstić information content (AvgIpc) is 2.14. The van der Waals surface area contributed by atoms with Crippen LogP contribution in [0.1, 0.15) is 19.8 Å². The van der Waals surface area contributed by atoms with Crippen molar-refractivity contribution in [2.24, 2.45) is 0 Å². The standard InChI is InChI=1S/C8H13N3O2S/c1-2-3-8-14(12,13)11(6-4-9)7-5-10/h2-3,6-8H2,1H3. The van der Waals surface area contributed by atoms with E-state index in [1.165, 1.54) is 0 Å². The largest absolute Gasteiger partial charge is 0.215 e. The van der Waals surface area contributed by atoms with Crippen molar-refractivity contribution < 1.29 is 8.42 Å². The molecule has 0 heterocycles. The zero-order valence-electron chi connectivity index (χ0n) is 8.10. The molecule has 0 saturated heterocycles. The minimum atomic E-state index is -3.42. The molecular weight excluding hydrogens is 202 g/mol. The van der Waals surface area contributed by atoms with E-state index in [0.717, 1.165) is 10.7 Å². The Morgan fingerprint density at radius 1 is 1.21 bits per heavy atom. The van der Waals surface area contributed by atoms with Gasteiger partial charge in [-0.05, 0) is 6.42 Å². The molecule has 0 bridgehead atoms. The lowest BCUT2D eigenvalue weighted by Gasteiger charge is -2.14. The molecule has 6 heteroatoms. The number of nitrogens with zero attached hydrogens (tertiary/aromatic N) is 3. The zero-order chi connectivity index (χ0) is 11.0. The van der Waals surface area contributed by atoms with E-state index in [2.05, 4.69) is 0 Å². The van der Waals surface area contributed by atoms with Crippen LogP contribution in [0.5, 0.6) is 0 Å². The molecular formula is C8H13N3O2S. The van der Waals surface area contributed by atoms with Crippen molar-refractivity contribution in [1.82, 2.24) is 4.31 Å². The van der Waals surface area contributed by atoms with Crippen LogP contribution in [0, 0.1) is 22.7 Å². The van der Waals surface area contributed by atoms with E-state index in [0.29, 0.717) is 6.42 Å². The Balaban J connectivity index is 4.49. The van der Waals surface area contributed by atoms with Crippen LogP contribution in [0.25, 0.3) is 0 Å². The van der Waals surface area contributed by atoms with Gasteiger partial charge in [-0.25, -0.2) is 8.42 Å². The maximum atomic E-state index is 11.5. The van der Waals surface area contributed by atoms with Crippen LogP contribution >= 0.6 is 0 Å². The lowest BCUT2D eigenvalue weighted by atomic mass is 10.4. The Morgan fingerprint density at radius 2 is 1.71 bits per heavy atom. The first-order chi connectivity index (χ1) is 6.58. The maximum Gasteiger partial charge on any atom is 0.215 e. The second-order valence-corrected chi connectivity index (χ2v) is 4.84. The second-order valence-electron chi connectivity index (χ2n) is 2.75. The smallest absolute Gasteiger partial charge is 0.212 e. The highest BCUT2D eigenvalue weighted by Crippen LogP contribution is 2.03. The second kappa shape index (κ2) is 6.36. The quantitative estimate of drug-likeness (QED) is 0.602. The Bertz CT molecular complexity index is 321. The number of nitriles is 2. The van der Waals surface area contributed by atoms with Crippen LogP contribution in [-0.4, -0.2) is 31.6 Å². The third kappa shape index (κ3) is 4.22. The van der Waals surface area contributed by atoms with Gasteiger partial charge < -0.3 is 0 Å². The summed E-state index contributed by atoms with van der Waals surface area (Å²) in [6.07, 6.45) is 1.32. The van der Waals surface area contributed by atoms with Gasteiger partial charge in [-0.1, -0.05) is 13.3 Å². The normalized spacial score (nSPS) is 10.9. The fourth-order valence-corrected chi connectivity index (χ4v) is 2.29. The van der Waals surface area contributed by atoms with Crippen molar-refractivity contribution in [1.29, 1.82) is 10.5 Å². The lowest BCUT2D eigenvalue weighted by Crippen LogP contribution is -2.33. The van der Waals surface area contributed by atoms with Crippen molar-refractivity contribution in [3.63, 3.8) is 0 Å². The molecule has 0 aromatic rings. The summed E-state index contributed by atoms with van der Waals surface area (Å²) < 4.78 is 23.9. The summed E-state index contributed by atoms with van der Waals surface area (Å²) in [5, 5.41) is 16.8. The molecule has 0 aliphatic carbocycles. The highest BCUT2D eigenvalue weighted by atomic mass is 32.2. The van der Waals surface area contributed by atoms with Crippen LogP contribution in [0.3, 0.4) is 0 Å². The average molecular weight is 215 g/mol. The first-order valence-electron chi connectivity index (χ1n) is 4.30. The first kappa shape index (κ1) is 12.9. The molecule has 0 fully saturated rings. The highest BCUT2D eigenvalue weighted by Gasteiger charge is 2.20. The monoisotopic (exact) mass is 215 g/mol. The Labute approximate surface area is 84.6 Å². The fraction of sp³-hybridized carbons (Fsp3) is 0.750.